The molecule has 0 heterocycles. The molecule has 0 aromatic heterocycles. The second-order valence-corrected chi connectivity index (χ2v) is 2.97. The summed E-state index contributed by atoms with van der Waals surface area (Å²) in [5.41, 5.74) is 0. The molecule has 0 spiro atoms. The lowest BCUT2D eigenvalue weighted by molar-refractivity contribution is -0.119. The number of hydrogen-bond donors (Lipinski definition) is 1. The summed E-state index contributed by atoms with van der Waals surface area (Å²) >= 11 is 0. The van der Waals surface area contributed by atoms with Crippen LogP contribution in [0.15, 0.2) is 0 Å². The van der Waals surface area contributed by atoms with Crippen molar-refractivity contribution in [2.45, 2.75) is 32.2 Å². The van der Waals surface area contributed by atoms with Crippen LogP contribution in [0.1, 0.15) is 26.2 Å². The Morgan fingerprint density at radius 3 is 2.91 bits per heavy atom. The zero-order valence-corrected chi connectivity index (χ0v) is 6.63. The maximum atomic E-state index is 10.6. The molecule has 1 amide bonds. The van der Waals surface area contributed by atoms with Crippen LogP contribution in [0.5, 0.6) is 0 Å². The third kappa shape index (κ3) is 1.94. The Balaban J connectivity index is 2.45. The maximum Gasteiger partial charge on any atom is 0.217 e. The molecule has 11 heavy (non-hydrogen) atoms. The summed E-state index contributed by atoms with van der Waals surface area (Å²) in [7, 11) is 0. The molecule has 1 aliphatic carbocycles. The van der Waals surface area contributed by atoms with Crippen LogP contribution in [0.3, 0.4) is 0 Å². The minimum Gasteiger partial charge on any atom is -0.352 e. The smallest absolute Gasteiger partial charge is 0.217 e. The normalized spacial score (nSPS) is 29.5. The van der Waals surface area contributed by atoms with Gasteiger partial charge in [-0.15, -0.1) is 0 Å². The predicted molar refractivity (Wildman–Crippen MR) is 40.6 cm³/mol. The van der Waals surface area contributed by atoms with Crippen molar-refractivity contribution < 1.29 is 4.79 Å². The molecule has 1 N–H and O–H groups in total. The minimum atomic E-state index is -0.0304. The Labute approximate surface area is 66.4 Å². The van der Waals surface area contributed by atoms with Crippen molar-refractivity contribution in [3.63, 3.8) is 0 Å². The van der Waals surface area contributed by atoms with Gasteiger partial charge in [0.25, 0.3) is 0 Å². The average Bonchev–Trinajstić information content (AvgIpc) is 2.34. The van der Waals surface area contributed by atoms with E-state index in [2.05, 4.69) is 11.4 Å². The summed E-state index contributed by atoms with van der Waals surface area (Å²) < 4.78 is 0. The lowest BCUT2D eigenvalue weighted by Gasteiger charge is -2.13. The van der Waals surface area contributed by atoms with Crippen LogP contribution in [-0.2, 0) is 4.79 Å². The molecule has 0 aliphatic heterocycles. The number of carbonyl (C=O) groups is 1. The molecule has 1 rings (SSSR count). The van der Waals surface area contributed by atoms with Gasteiger partial charge >= 0.3 is 0 Å². The van der Waals surface area contributed by atoms with Crippen molar-refractivity contribution in [3.8, 4) is 6.07 Å². The van der Waals surface area contributed by atoms with E-state index in [1.807, 2.05) is 0 Å². The highest BCUT2D eigenvalue weighted by atomic mass is 16.1. The first kappa shape index (κ1) is 8.06. The second kappa shape index (κ2) is 3.38. The molecular formula is C8H12N2O. The van der Waals surface area contributed by atoms with Gasteiger partial charge in [0.2, 0.25) is 5.91 Å². The summed E-state index contributed by atoms with van der Waals surface area (Å²) in [6, 6.07) is 2.31. The van der Waals surface area contributed by atoms with Gasteiger partial charge in [0.1, 0.15) is 0 Å². The number of carbonyl (C=O) groups excluding carboxylic acids is 1. The lowest BCUT2D eigenvalue weighted by Crippen LogP contribution is -2.35. The van der Waals surface area contributed by atoms with Crippen molar-refractivity contribution in [2.75, 3.05) is 0 Å². The van der Waals surface area contributed by atoms with Crippen LogP contribution in [0.25, 0.3) is 0 Å². The van der Waals surface area contributed by atoms with Gasteiger partial charge in [-0.05, 0) is 19.3 Å². The third-order valence-electron chi connectivity index (χ3n) is 2.07. The molecule has 1 fully saturated rings. The predicted octanol–water partition coefficient (Wildman–Crippen LogP) is 0.815. The number of rotatable bonds is 1. The number of nitriles is 1. The Morgan fingerprint density at radius 1 is 1.64 bits per heavy atom. The van der Waals surface area contributed by atoms with Crippen molar-refractivity contribution in [1.29, 1.82) is 5.26 Å². The second-order valence-electron chi connectivity index (χ2n) is 2.97. The zero-order valence-electron chi connectivity index (χ0n) is 6.63. The van der Waals surface area contributed by atoms with Crippen molar-refractivity contribution >= 4 is 5.91 Å². The van der Waals surface area contributed by atoms with Gasteiger partial charge in [-0.1, -0.05) is 0 Å². The van der Waals surface area contributed by atoms with Crippen LogP contribution in [0.4, 0.5) is 0 Å². The van der Waals surface area contributed by atoms with Gasteiger partial charge < -0.3 is 5.32 Å². The lowest BCUT2D eigenvalue weighted by atomic mass is 10.1. The molecule has 3 nitrogen and oxygen atoms in total. The maximum absolute atomic E-state index is 10.6. The van der Waals surface area contributed by atoms with Crippen molar-refractivity contribution in [2.24, 2.45) is 5.92 Å². The Kier molecular flexibility index (Phi) is 2.48. The molecule has 0 unspecified atom stereocenters. The number of nitrogens with one attached hydrogen (secondary N) is 1. The van der Waals surface area contributed by atoms with Crippen molar-refractivity contribution in [3.05, 3.63) is 0 Å². The van der Waals surface area contributed by atoms with Crippen LogP contribution in [-0.4, -0.2) is 11.9 Å². The summed E-state index contributed by atoms with van der Waals surface area (Å²) in [5.74, 6) is 0.0102. The Hall–Kier alpha value is -1.04. The summed E-state index contributed by atoms with van der Waals surface area (Å²) in [5, 5.41) is 11.4. The van der Waals surface area contributed by atoms with Crippen LogP contribution in [0, 0.1) is 17.2 Å². The van der Waals surface area contributed by atoms with E-state index in [-0.39, 0.29) is 17.9 Å². The molecule has 3 heteroatoms. The quantitative estimate of drug-likeness (QED) is 0.604. The van der Waals surface area contributed by atoms with Crippen LogP contribution in [0.2, 0.25) is 0 Å². The first-order valence-corrected chi connectivity index (χ1v) is 3.90. The summed E-state index contributed by atoms with van der Waals surface area (Å²) in [4.78, 5) is 10.6. The molecule has 1 saturated carbocycles. The fraction of sp³-hybridized carbons (Fsp3) is 0.750. The van der Waals surface area contributed by atoms with Gasteiger partial charge in [0.05, 0.1) is 12.0 Å². The monoisotopic (exact) mass is 152 g/mol. The fourth-order valence-corrected chi connectivity index (χ4v) is 1.55. The standard InChI is InChI=1S/C8H12N2O/c1-6(11)10-8-4-2-3-7(8)5-9/h7-8H,2-4H2,1H3,(H,10,11)/t7-,8-/m1/s1. The third-order valence-corrected chi connectivity index (χ3v) is 2.07. The number of amides is 1. The van der Waals surface area contributed by atoms with E-state index < -0.39 is 0 Å². The molecule has 0 saturated heterocycles. The SMILES string of the molecule is CC(=O)N[C@@H]1CCC[C@@H]1C#N. The van der Waals surface area contributed by atoms with Gasteiger partial charge in [-0.2, -0.15) is 5.26 Å². The molecule has 60 valence electrons. The summed E-state index contributed by atoms with van der Waals surface area (Å²) in [6.45, 7) is 1.49. The molecular weight excluding hydrogens is 140 g/mol. The van der Waals surface area contributed by atoms with Crippen molar-refractivity contribution in [1.82, 2.24) is 5.32 Å². The summed E-state index contributed by atoms with van der Waals surface area (Å²) in [6.07, 6.45) is 2.95. The molecule has 0 radical (unpaired) electrons. The largest absolute Gasteiger partial charge is 0.352 e. The highest BCUT2D eigenvalue weighted by molar-refractivity contribution is 5.73. The van der Waals surface area contributed by atoms with E-state index in [4.69, 9.17) is 5.26 Å². The van der Waals surface area contributed by atoms with E-state index in [1.165, 1.54) is 6.92 Å². The van der Waals surface area contributed by atoms with Crippen LogP contribution < -0.4 is 5.32 Å². The van der Waals surface area contributed by atoms with Gasteiger partial charge in [0.15, 0.2) is 0 Å². The Bertz CT molecular complexity index is 195. The average molecular weight is 152 g/mol. The molecule has 0 bridgehead atoms. The first-order chi connectivity index (χ1) is 5.24. The molecule has 2 atom stereocenters. The number of nitrogens with zero attached hydrogens (tertiary/aromatic N) is 1. The fourth-order valence-electron chi connectivity index (χ4n) is 1.55. The van der Waals surface area contributed by atoms with E-state index in [1.54, 1.807) is 0 Å². The molecule has 0 aromatic carbocycles. The Morgan fingerprint density at radius 2 is 2.36 bits per heavy atom. The zero-order chi connectivity index (χ0) is 8.27. The first-order valence-electron chi connectivity index (χ1n) is 3.90. The highest BCUT2D eigenvalue weighted by Gasteiger charge is 2.27. The van der Waals surface area contributed by atoms with Gasteiger partial charge in [0, 0.05) is 13.0 Å². The molecule has 1 aliphatic rings. The van der Waals surface area contributed by atoms with Crippen LogP contribution >= 0.6 is 0 Å². The minimum absolute atomic E-state index is 0.0304. The topological polar surface area (TPSA) is 52.9 Å². The van der Waals surface area contributed by atoms with E-state index in [9.17, 15) is 4.79 Å². The van der Waals surface area contributed by atoms with E-state index >= 15 is 0 Å². The van der Waals surface area contributed by atoms with Gasteiger partial charge in [-0.25, -0.2) is 0 Å². The van der Waals surface area contributed by atoms with E-state index in [0.717, 1.165) is 19.3 Å². The number of hydrogen-bond acceptors (Lipinski definition) is 2. The van der Waals surface area contributed by atoms with E-state index in [0.29, 0.717) is 0 Å². The van der Waals surface area contributed by atoms with Gasteiger partial charge in [-0.3, -0.25) is 4.79 Å². The highest BCUT2D eigenvalue weighted by Crippen LogP contribution is 2.24. The molecule has 0 aromatic rings.